The molecule has 2 heterocycles. The van der Waals surface area contributed by atoms with Crippen LogP contribution in [0.25, 0.3) is 55.0 Å². The third-order valence-corrected chi connectivity index (χ3v) is 6.01. The number of pyridine rings is 2. The van der Waals surface area contributed by atoms with E-state index in [0.29, 0.717) is 0 Å². The molecule has 0 amide bonds. The highest BCUT2D eigenvalue weighted by molar-refractivity contribution is 6.13. The van der Waals surface area contributed by atoms with Crippen LogP contribution in [0.4, 0.5) is 0 Å². The zero-order valence-corrected chi connectivity index (χ0v) is 17.6. The van der Waals surface area contributed by atoms with Gasteiger partial charge in [-0.3, -0.25) is 4.98 Å². The fourth-order valence-corrected chi connectivity index (χ4v) is 4.45. The Morgan fingerprint density at radius 1 is 0.656 bits per heavy atom. The molecule has 0 N–H and O–H groups in total. The first kappa shape index (κ1) is 18.5. The van der Waals surface area contributed by atoms with Crippen molar-refractivity contribution >= 4 is 32.6 Å². The molecule has 152 valence electrons. The average molecular weight is 412 g/mol. The summed E-state index contributed by atoms with van der Waals surface area (Å²) >= 11 is 0. The van der Waals surface area contributed by atoms with E-state index in [4.69, 9.17) is 9.72 Å². The van der Waals surface area contributed by atoms with Crippen LogP contribution >= 0.6 is 0 Å². The quantitative estimate of drug-likeness (QED) is 0.287. The van der Waals surface area contributed by atoms with Crippen LogP contribution in [0, 0.1) is 0 Å². The topological polar surface area (TPSA) is 35.0 Å². The molecule has 0 unspecified atom stereocenters. The molecule has 0 aliphatic carbocycles. The van der Waals surface area contributed by atoms with Crippen molar-refractivity contribution in [1.29, 1.82) is 0 Å². The standard InChI is InChI=1S/C29H20N2O/c1-32-21-15-13-20(14-16-21)25-17-27(23-11-6-8-19-7-2-3-9-22(19)23)31-28-18-30-26-12-5-4-10-24(26)29(25)28/h2-18H,1H3. The molecular weight excluding hydrogens is 392 g/mol. The number of hydrogen-bond acceptors (Lipinski definition) is 3. The van der Waals surface area contributed by atoms with Gasteiger partial charge in [-0.2, -0.15) is 0 Å². The second-order valence-electron chi connectivity index (χ2n) is 7.85. The average Bonchev–Trinajstić information content (AvgIpc) is 2.87. The Morgan fingerprint density at radius 2 is 1.41 bits per heavy atom. The van der Waals surface area contributed by atoms with Crippen molar-refractivity contribution in [2.45, 2.75) is 0 Å². The lowest BCUT2D eigenvalue weighted by molar-refractivity contribution is 0.415. The summed E-state index contributed by atoms with van der Waals surface area (Å²) in [5, 5.41) is 4.61. The Morgan fingerprint density at radius 3 is 2.25 bits per heavy atom. The van der Waals surface area contributed by atoms with E-state index in [1.165, 1.54) is 10.8 Å². The fraction of sp³-hybridized carbons (Fsp3) is 0.0345. The maximum absolute atomic E-state index is 5.38. The van der Waals surface area contributed by atoms with E-state index in [0.717, 1.165) is 49.9 Å². The molecule has 0 spiro atoms. The molecule has 0 aliphatic heterocycles. The number of para-hydroxylation sites is 1. The zero-order chi connectivity index (χ0) is 21.5. The minimum Gasteiger partial charge on any atom is -0.497 e. The number of methoxy groups -OCH3 is 1. The molecule has 0 radical (unpaired) electrons. The minimum atomic E-state index is 0.841. The molecule has 0 atom stereocenters. The van der Waals surface area contributed by atoms with Gasteiger partial charge in [0.25, 0.3) is 0 Å². The Kier molecular flexibility index (Phi) is 4.32. The molecule has 32 heavy (non-hydrogen) atoms. The number of fused-ring (bicyclic) bond motifs is 4. The highest BCUT2D eigenvalue weighted by Crippen LogP contribution is 2.37. The molecule has 6 aromatic rings. The molecule has 0 aliphatic rings. The predicted octanol–water partition coefficient (Wildman–Crippen LogP) is 7.28. The van der Waals surface area contributed by atoms with Gasteiger partial charge in [-0.05, 0) is 46.2 Å². The normalized spacial score (nSPS) is 11.3. The van der Waals surface area contributed by atoms with E-state index >= 15 is 0 Å². The van der Waals surface area contributed by atoms with Crippen LogP contribution < -0.4 is 4.74 Å². The van der Waals surface area contributed by atoms with E-state index in [2.05, 4.69) is 77.8 Å². The minimum absolute atomic E-state index is 0.841. The molecular formula is C29H20N2O. The van der Waals surface area contributed by atoms with Crippen molar-refractivity contribution in [3.63, 3.8) is 0 Å². The maximum atomic E-state index is 5.38. The van der Waals surface area contributed by atoms with Gasteiger partial charge in [-0.15, -0.1) is 0 Å². The fourth-order valence-electron chi connectivity index (χ4n) is 4.45. The summed E-state index contributed by atoms with van der Waals surface area (Å²) in [5.74, 6) is 0.841. The van der Waals surface area contributed by atoms with E-state index < -0.39 is 0 Å². The van der Waals surface area contributed by atoms with Gasteiger partial charge in [-0.25, -0.2) is 4.98 Å². The van der Waals surface area contributed by atoms with Crippen LogP contribution in [0.2, 0.25) is 0 Å². The third-order valence-electron chi connectivity index (χ3n) is 6.01. The Bertz CT molecular complexity index is 1600. The zero-order valence-electron chi connectivity index (χ0n) is 17.6. The van der Waals surface area contributed by atoms with Gasteiger partial charge in [0, 0.05) is 16.3 Å². The molecule has 3 nitrogen and oxygen atoms in total. The van der Waals surface area contributed by atoms with Crippen molar-refractivity contribution in [3.05, 3.63) is 103 Å². The van der Waals surface area contributed by atoms with Gasteiger partial charge >= 0.3 is 0 Å². The van der Waals surface area contributed by atoms with Crippen LogP contribution in [-0.2, 0) is 0 Å². The number of benzene rings is 4. The molecule has 2 aromatic heterocycles. The maximum Gasteiger partial charge on any atom is 0.118 e. The first-order chi connectivity index (χ1) is 15.8. The van der Waals surface area contributed by atoms with Crippen LogP contribution in [0.15, 0.2) is 103 Å². The molecule has 0 saturated carbocycles. The number of rotatable bonds is 3. The van der Waals surface area contributed by atoms with Crippen LogP contribution in [0.5, 0.6) is 5.75 Å². The van der Waals surface area contributed by atoms with Gasteiger partial charge in [0.2, 0.25) is 0 Å². The molecule has 0 fully saturated rings. The smallest absolute Gasteiger partial charge is 0.118 e. The summed E-state index contributed by atoms with van der Waals surface area (Å²) in [7, 11) is 1.69. The number of aromatic nitrogens is 2. The molecule has 6 rings (SSSR count). The van der Waals surface area contributed by atoms with Crippen molar-refractivity contribution in [1.82, 2.24) is 9.97 Å². The lowest BCUT2D eigenvalue weighted by Gasteiger charge is -2.14. The van der Waals surface area contributed by atoms with Crippen LogP contribution in [0.1, 0.15) is 0 Å². The highest BCUT2D eigenvalue weighted by atomic mass is 16.5. The van der Waals surface area contributed by atoms with Gasteiger partial charge in [0.05, 0.1) is 30.0 Å². The summed E-state index contributed by atoms with van der Waals surface area (Å²) in [4.78, 5) is 9.76. The highest BCUT2D eigenvalue weighted by Gasteiger charge is 2.14. The van der Waals surface area contributed by atoms with Crippen molar-refractivity contribution in [3.8, 4) is 28.1 Å². The van der Waals surface area contributed by atoms with E-state index in [1.54, 1.807) is 7.11 Å². The monoisotopic (exact) mass is 412 g/mol. The molecule has 0 bridgehead atoms. The van der Waals surface area contributed by atoms with Gasteiger partial charge in [-0.1, -0.05) is 72.8 Å². The van der Waals surface area contributed by atoms with Gasteiger partial charge in [0.15, 0.2) is 0 Å². The summed E-state index contributed by atoms with van der Waals surface area (Å²) in [6, 6.07) is 33.5. The van der Waals surface area contributed by atoms with Gasteiger partial charge in [0.1, 0.15) is 5.75 Å². The van der Waals surface area contributed by atoms with E-state index in [1.807, 2.05) is 30.5 Å². The predicted molar refractivity (Wildman–Crippen MR) is 132 cm³/mol. The summed E-state index contributed by atoms with van der Waals surface area (Å²) in [5.41, 5.74) is 6.18. The second kappa shape index (κ2) is 7.47. The first-order valence-electron chi connectivity index (χ1n) is 10.6. The first-order valence-corrected chi connectivity index (χ1v) is 10.6. The largest absolute Gasteiger partial charge is 0.497 e. The Hall–Kier alpha value is -4.24. The van der Waals surface area contributed by atoms with E-state index in [9.17, 15) is 0 Å². The number of nitrogens with zero attached hydrogens (tertiary/aromatic N) is 2. The Labute approximate surface area is 186 Å². The summed E-state index contributed by atoms with van der Waals surface area (Å²) in [6.07, 6.45) is 1.89. The molecule has 4 aromatic carbocycles. The molecule has 3 heteroatoms. The number of ether oxygens (including phenoxy) is 1. The lowest BCUT2D eigenvalue weighted by Crippen LogP contribution is -1.93. The third kappa shape index (κ3) is 2.98. The van der Waals surface area contributed by atoms with Gasteiger partial charge < -0.3 is 4.74 Å². The lowest BCUT2D eigenvalue weighted by atomic mass is 9.95. The van der Waals surface area contributed by atoms with Crippen molar-refractivity contribution in [2.75, 3.05) is 7.11 Å². The van der Waals surface area contributed by atoms with Crippen molar-refractivity contribution < 1.29 is 4.74 Å². The molecule has 0 saturated heterocycles. The summed E-state index contributed by atoms with van der Waals surface area (Å²) in [6.45, 7) is 0. The number of hydrogen-bond donors (Lipinski definition) is 0. The SMILES string of the molecule is COc1ccc(-c2cc(-c3cccc4ccccc34)nc3cnc4ccccc4c23)cc1. The Balaban J connectivity index is 1.71. The summed E-state index contributed by atoms with van der Waals surface area (Å²) < 4.78 is 5.38. The van der Waals surface area contributed by atoms with Crippen LogP contribution in [0.3, 0.4) is 0 Å². The van der Waals surface area contributed by atoms with Crippen LogP contribution in [-0.4, -0.2) is 17.1 Å². The van der Waals surface area contributed by atoms with E-state index in [-0.39, 0.29) is 0 Å². The second-order valence-corrected chi connectivity index (χ2v) is 7.85. The van der Waals surface area contributed by atoms with Crippen molar-refractivity contribution in [2.24, 2.45) is 0 Å².